The fourth-order valence-corrected chi connectivity index (χ4v) is 6.02. The van der Waals surface area contributed by atoms with Crippen molar-refractivity contribution < 1.29 is 38.2 Å². The molecule has 0 saturated heterocycles. The lowest BCUT2D eigenvalue weighted by molar-refractivity contribution is -0.887. The summed E-state index contributed by atoms with van der Waals surface area (Å²) in [5.74, 6) is -1.58. The number of hydrogen-bond acceptors (Lipinski definition) is 6. The zero-order valence-electron chi connectivity index (χ0n) is 37.9. The molecule has 59 heavy (non-hydrogen) atoms. The number of allylic oxidation sites excluding steroid dienone is 16. The fraction of sp³-hybridized carbons (Fsp3) is 0.627. The molecule has 0 bridgehead atoms. The van der Waals surface area contributed by atoms with E-state index in [1.807, 2.05) is 57.6 Å². The molecule has 334 valence electrons. The molecule has 0 aliphatic carbocycles. The monoisotopic (exact) mass is 823 g/mol. The van der Waals surface area contributed by atoms with Gasteiger partial charge in [0.1, 0.15) is 6.61 Å². The minimum atomic E-state index is -0.891. The van der Waals surface area contributed by atoms with Gasteiger partial charge >= 0.3 is 17.9 Å². The van der Waals surface area contributed by atoms with Crippen LogP contribution in [0.25, 0.3) is 0 Å². The van der Waals surface area contributed by atoms with Crippen molar-refractivity contribution in [1.82, 2.24) is 0 Å². The zero-order chi connectivity index (χ0) is 43.5. The summed E-state index contributed by atoms with van der Waals surface area (Å²) in [6, 6.07) is -0.633. The van der Waals surface area contributed by atoms with E-state index < -0.39 is 18.1 Å². The second kappa shape index (κ2) is 41.0. The molecule has 0 radical (unpaired) electrons. The molecule has 0 aliphatic rings. The first-order valence-electron chi connectivity index (χ1n) is 22.8. The van der Waals surface area contributed by atoms with Crippen LogP contribution in [0.4, 0.5) is 0 Å². The third kappa shape index (κ3) is 39.5. The summed E-state index contributed by atoms with van der Waals surface area (Å²) in [6.45, 7) is 4.54. The van der Waals surface area contributed by atoms with Gasteiger partial charge in [0.25, 0.3) is 0 Å². The number of carboxylic acid groups (broad SMARTS) is 1. The van der Waals surface area contributed by atoms with Crippen molar-refractivity contribution >= 4 is 17.9 Å². The molecule has 0 aromatic heterocycles. The summed E-state index contributed by atoms with van der Waals surface area (Å²) >= 11 is 0. The Labute approximate surface area is 360 Å². The summed E-state index contributed by atoms with van der Waals surface area (Å²) < 4.78 is 17.2. The van der Waals surface area contributed by atoms with E-state index in [0.717, 1.165) is 64.2 Å². The van der Waals surface area contributed by atoms with Gasteiger partial charge < -0.3 is 23.8 Å². The van der Waals surface area contributed by atoms with Gasteiger partial charge in [-0.3, -0.25) is 9.59 Å². The number of ether oxygens (including phenoxy) is 3. The third-order valence-corrected chi connectivity index (χ3v) is 9.57. The maximum absolute atomic E-state index is 12.7. The number of unbranched alkanes of at least 4 members (excludes halogenated alkanes) is 13. The van der Waals surface area contributed by atoms with Crippen LogP contribution in [0.3, 0.4) is 0 Å². The predicted octanol–water partition coefficient (Wildman–Crippen LogP) is 12.7. The highest BCUT2D eigenvalue weighted by molar-refractivity contribution is 5.72. The molecule has 0 spiro atoms. The van der Waals surface area contributed by atoms with Crippen LogP contribution in [0, 0.1) is 0 Å². The van der Waals surface area contributed by atoms with Crippen molar-refractivity contribution in [3.8, 4) is 0 Å². The number of likely N-dealkylation sites (N-methyl/N-ethyl adjacent to an activating group) is 1. The van der Waals surface area contributed by atoms with E-state index in [4.69, 9.17) is 14.2 Å². The molecule has 0 aromatic carbocycles. The Kier molecular flexibility index (Phi) is 38.4. The standard InChI is InChI=1S/C51H83NO7/c1-6-8-10-12-14-16-18-20-22-24-26-27-29-31-33-35-37-39-41-49(53)58-46-47(45-57-44-43-48(51(55)56)52(3,4)5)59-50(54)42-40-38-36-34-32-30-28-25-23-21-19-17-15-13-11-9-7-2/h10,12,14,16,18,20-24,26-28,30,34,36,47-48H,6-9,11,13,15,17,19,25,29,31-33,35,37-46H2,1-5H3/p+1/b12-10+,16-14+,20-18+,23-21+,24-22+,27-26+,30-28+,36-34+. The van der Waals surface area contributed by atoms with Gasteiger partial charge in [0.15, 0.2) is 12.1 Å². The number of rotatable bonds is 39. The van der Waals surface area contributed by atoms with E-state index in [1.165, 1.54) is 51.4 Å². The minimum Gasteiger partial charge on any atom is -0.477 e. The van der Waals surface area contributed by atoms with Crippen LogP contribution in [0.5, 0.6) is 0 Å². The molecule has 0 aliphatic heterocycles. The van der Waals surface area contributed by atoms with Crippen molar-refractivity contribution in [3.63, 3.8) is 0 Å². The minimum absolute atomic E-state index is 0.0261. The molecular weight excluding hydrogens is 739 g/mol. The first-order chi connectivity index (χ1) is 28.6. The first kappa shape index (κ1) is 55.2. The number of nitrogens with zero attached hydrogens (tertiary/aromatic N) is 1. The Balaban J connectivity index is 4.49. The van der Waals surface area contributed by atoms with Crippen LogP contribution >= 0.6 is 0 Å². The van der Waals surface area contributed by atoms with Gasteiger partial charge in [-0.25, -0.2) is 4.79 Å². The molecule has 0 saturated carbocycles. The highest BCUT2D eigenvalue weighted by Gasteiger charge is 2.31. The Morgan fingerprint density at radius 3 is 1.59 bits per heavy atom. The SMILES string of the molecule is CCC/C=C/C=C/C=C/C=C/C=C/CCCCCCCC(=O)OCC(COCCC(C(=O)O)[N+](C)(C)C)OC(=O)CCC/C=C/C/C=C/C/C=C/CCCCCCCC. The van der Waals surface area contributed by atoms with E-state index in [2.05, 4.69) is 74.6 Å². The highest BCUT2D eigenvalue weighted by atomic mass is 16.6. The van der Waals surface area contributed by atoms with Gasteiger partial charge in [0, 0.05) is 19.3 Å². The van der Waals surface area contributed by atoms with Gasteiger partial charge in [-0.2, -0.15) is 0 Å². The van der Waals surface area contributed by atoms with Gasteiger partial charge in [-0.15, -0.1) is 0 Å². The molecule has 0 fully saturated rings. The maximum atomic E-state index is 12.7. The predicted molar refractivity (Wildman–Crippen MR) is 247 cm³/mol. The molecule has 1 N–H and O–H groups in total. The smallest absolute Gasteiger partial charge is 0.362 e. The Bertz CT molecular complexity index is 1280. The summed E-state index contributed by atoms with van der Waals surface area (Å²) in [5.41, 5.74) is 0. The molecule has 2 atom stereocenters. The van der Waals surface area contributed by atoms with Crippen molar-refractivity contribution in [2.24, 2.45) is 0 Å². The lowest BCUT2D eigenvalue weighted by atomic mass is 10.1. The number of carboxylic acids is 1. The number of hydrogen-bond donors (Lipinski definition) is 1. The average Bonchev–Trinajstić information content (AvgIpc) is 3.19. The molecule has 8 heteroatoms. The van der Waals surface area contributed by atoms with Crippen LogP contribution in [0.1, 0.15) is 155 Å². The highest BCUT2D eigenvalue weighted by Crippen LogP contribution is 2.12. The van der Waals surface area contributed by atoms with Gasteiger partial charge in [-0.05, 0) is 64.2 Å². The molecule has 2 unspecified atom stereocenters. The van der Waals surface area contributed by atoms with Crippen molar-refractivity contribution in [1.29, 1.82) is 0 Å². The van der Waals surface area contributed by atoms with Crippen molar-refractivity contribution in [2.45, 2.75) is 167 Å². The molecule has 0 heterocycles. The second-order valence-corrected chi connectivity index (χ2v) is 16.1. The Hall–Kier alpha value is -3.75. The van der Waals surface area contributed by atoms with E-state index >= 15 is 0 Å². The topological polar surface area (TPSA) is 99.1 Å². The Morgan fingerprint density at radius 2 is 1.02 bits per heavy atom. The number of carbonyl (C=O) groups is 3. The van der Waals surface area contributed by atoms with Crippen LogP contribution in [-0.2, 0) is 28.6 Å². The van der Waals surface area contributed by atoms with Crippen molar-refractivity contribution in [3.05, 3.63) is 97.2 Å². The molecule has 0 aromatic rings. The van der Waals surface area contributed by atoms with Crippen LogP contribution in [0.2, 0.25) is 0 Å². The number of quaternary nitrogens is 1. The van der Waals surface area contributed by atoms with E-state index in [9.17, 15) is 19.5 Å². The van der Waals surface area contributed by atoms with E-state index in [1.54, 1.807) is 0 Å². The summed E-state index contributed by atoms with van der Waals surface area (Å²) in [4.78, 5) is 37.0. The zero-order valence-corrected chi connectivity index (χ0v) is 37.9. The summed E-state index contributed by atoms with van der Waals surface area (Å²) in [7, 11) is 5.49. The third-order valence-electron chi connectivity index (χ3n) is 9.57. The molecule has 0 amide bonds. The number of carbonyl (C=O) groups excluding carboxylic acids is 2. The molecule has 0 rings (SSSR count). The Morgan fingerprint density at radius 1 is 0.525 bits per heavy atom. The first-order valence-corrected chi connectivity index (χ1v) is 22.8. The van der Waals surface area contributed by atoms with E-state index in [-0.39, 0.29) is 42.7 Å². The normalized spacial score (nSPS) is 13.8. The molecule has 8 nitrogen and oxygen atoms in total. The summed E-state index contributed by atoms with van der Waals surface area (Å²) in [6.07, 6.45) is 54.5. The lowest BCUT2D eigenvalue weighted by Crippen LogP contribution is -2.50. The number of aliphatic carboxylic acids is 1. The molecular formula is C51H84NO7+. The van der Waals surface area contributed by atoms with Gasteiger partial charge in [0.2, 0.25) is 0 Å². The largest absolute Gasteiger partial charge is 0.477 e. The van der Waals surface area contributed by atoms with Gasteiger partial charge in [0.05, 0.1) is 34.4 Å². The van der Waals surface area contributed by atoms with Crippen LogP contribution < -0.4 is 0 Å². The quantitative estimate of drug-likeness (QED) is 0.0217. The van der Waals surface area contributed by atoms with Crippen molar-refractivity contribution in [2.75, 3.05) is 41.0 Å². The number of esters is 2. The average molecular weight is 823 g/mol. The van der Waals surface area contributed by atoms with Crippen LogP contribution in [-0.4, -0.2) is 80.6 Å². The van der Waals surface area contributed by atoms with Crippen LogP contribution in [0.15, 0.2) is 97.2 Å². The van der Waals surface area contributed by atoms with Gasteiger partial charge in [-0.1, -0.05) is 169 Å². The maximum Gasteiger partial charge on any atom is 0.362 e. The summed E-state index contributed by atoms with van der Waals surface area (Å²) in [5, 5.41) is 9.63. The fourth-order valence-electron chi connectivity index (χ4n) is 6.02. The second-order valence-electron chi connectivity index (χ2n) is 16.1. The lowest BCUT2D eigenvalue weighted by Gasteiger charge is -2.31. The van der Waals surface area contributed by atoms with E-state index in [0.29, 0.717) is 19.3 Å².